The van der Waals surface area contributed by atoms with Gasteiger partial charge in [0.15, 0.2) is 6.61 Å². The number of amides is 2. The first-order valence-corrected chi connectivity index (χ1v) is 9.44. The fourth-order valence-electron chi connectivity index (χ4n) is 3.00. The van der Waals surface area contributed by atoms with Crippen molar-refractivity contribution in [3.05, 3.63) is 53.1 Å². The van der Waals surface area contributed by atoms with E-state index in [9.17, 15) is 9.59 Å². The lowest BCUT2D eigenvalue weighted by Crippen LogP contribution is -2.24. The first-order chi connectivity index (χ1) is 12.9. The standard InChI is InChI=1S/C21H23ClN2O3/c1-14(2)15-5-8-17(9-6-15)27-13-20(25)23-16-7-10-19(18(22)12-16)24-11-3-4-21(24)26/h5-10,12,14H,3-4,11,13H2,1-2H3,(H,23,25). The topological polar surface area (TPSA) is 58.6 Å². The Bertz CT molecular complexity index is 834. The average Bonchev–Trinajstić information content (AvgIpc) is 3.06. The molecule has 0 radical (unpaired) electrons. The van der Waals surface area contributed by atoms with Gasteiger partial charge in [0.05, 0.1) is 10.7 Å². The minimum atomic E-state index is -0.274. The summed E-state index contributed by atoms with van der Waals surface area (Å²) >= 11 is 6.30. The number of carbonyl (C=O) groups is 2. The van der Waals surface area contributed by atoms with Crippen LogP contribution in [0.3, 0.4) is 0 Å². The van der Waals surface area contributed by atoms with E-state index in [1.165, 1.54) is 5.56 Å². The number of nitrogens with one attached hydrogen (secondary N) is 1. The van der Waals surface area contributed by atoms with Gasteiger partial charge < -0.3 is 15.0 Å². The van der Waals surface area contributed by atoms with E-state index >= 15 is 0 Å². The van der Waals surface area contributed by atoms with Gasteiger partial charge >= 0.3 is 0 Å². The van der Waals surface area contributed by atoms with Crippen LogP contribution in [0.5, 0.6) is 5.75 Å². The van der Waals surface area contributed by atoms with Gasteiger partial charge in [0.25, 0.3) is 5.91 Å². The van der Waals surface area contributed by atoms with Gasteiger partial charge in [-0.1, -0.05) is 37.6 Å². The highest BCUT2D eigenvalue weighted by Gasteiger charge is 2.23. The number of benzene rings is 2. The fraction of sp³-hybridized carbons (Fsp3) is 0.333. The number of hydrogen-bond acceptors (Lipinski definition) is 3. The summed E-state index contributed by atoms with van der Waals surface area (Å²) in [5.74, 6) is 0.899. The van der Waals surface area contributed by atoms with E-state index in [4.69, 9.17) is 16.3 Å². The molecule has 1 fully saturated rings. The van der Waals surface area contributed by atoms with Crippen LogP contribution in [0.2, 0.25) is 5.02 Å². The fourth-order valence-corrected chi connectivity index (χ4v) is 3.28. The molecular weight excluding hydrogens is 364 g/mol. The summed E-state index contributed by atoms with van der Waals surface area (Å²) in [4.78, 5) is 25.6. The summed E-state index contributed by atoms with van der Waals surface area (Å²) in [6.07, 6.45) is 1.38. The molecule has 5 nitrogen and oxygen atoms in total. The molecule has 0 bridgehead atoms. The lowest BCUT2D eigenvalue weighted by Gasteiger charge is -2.18. The third kappa shape index (κ3) is 4.80. The predicted molar refractivity (Wildman–Crippen MR) is 108 cm³/mol. The van der Waals surface area contributed by atoms with Crippen LogP contribution in [0, 0.1) is 0 Å². The van der Waals surface area contributed by atoms with Crippen molar-refractivity contribution in [1.82, 2.24) is 0 Å². The molecule has 0 spiro atoms. The Labute approximate surface area is 164 Å². The summed E-state index contributed by atoms with van der Waals surface area (Å²) < 4.78 is 5.53. The van der Waals surface area contributed by atoms with Gasteiger partial charge in [0, 0.05) is 18.7 Å². The molecule has 0 aromatic heterocycles. The summed E-state index contributed by atoms with van der Waals surface area (Å²) in [5, 5.41) is 3.20. The van der Waals surface area contributed by atoms with E-state index in [-0.39, 0.29) is 18.4 Å². The molecule has 2 aromatic rings. The molecule has 1 aliphatic rings. The number of rotatable bonds is 6. The monoisotopic (exact) mass is 386 g/mol. The molecule has 0 atom stereocenters. The zero-order chi connectivity index (χ0) is 19.4. The number of ether oxygens (including phenoxy) is 1. The second-order valence-corrected chi connectivity index (χ2v) is 7.28. The Hall–Kier alpha value is -2.53. The minimum absolute atomic E-state index is 0.0746. The van der Waals surface area contributed by atoms with Gasteiger partial charge in [-0.05, 0) is 48.2 Å². The van der Waals surface area contributed by atoms with Crippen molar-refractivity contribution in [2.75, 3.05) is 23.4 Å². The van der Waals surface area contributed by atoms with Gasteiger partial charge in [-0.2, -0.15) is 0 Å². The second-order valence-electron chi connectivity index (χ2n) is 6.88. The summed E-state index contributed by atoms with van der Waals surface area (Å²) in [6, 6.07) is 12.9. The number of halogens is 1. The van der Waals surface area contributed by atoms with Crippen LogP contribution in [-0.4, -0.2) is 25.0 Å². The van der Waals surface area contributed by atoms with Crippen molar-refractivity contribution in [3.8, 4) is 5.75 Å². The summed E-state index contributed by atoms with van der Waals surface area (Å²) in [6.45, 7) is 4.83. The first-order valence-electron chi connectivity index (χ1n) is 9.06. The maximum absolute atomic E-state index is 12.1. The van der Waals surface area contributed by atoms with Crippen LogP contribution in [-0.2, 0) is 9.59 Å². The quantitative estimate of drug-likeness (QED) is 0.788. The first kappa shape index (κ1) is 19.2. The summed E-state index contributed by atoms with van der Waals surface area (Å²) in [7, 11) is 0. The van der Waals surface area contributed by atoms with Crippen LogP contribution in [0.25, 0.3) is 0 Å². The lowest BCUT2D eigenvalue weighted by molar-refractivity contribution is -0.118. The second kappa shape index (κ2) is 8.44. The molecule has 0 unspecified atom stereocenters. The Morgan fingerprint density at radius 2 is 1.96 bits per heavy atom. The van der Waals surface area contributed by atoms with Gasteiger partial charge in [-0.3, -0.25) is 9.59 Å². The molecule has 1 N–H and O–H groups in total. The van der Waals surface area contributed by atoms with E-state index < -0.39 is 0 Å². The molecule has 0 saturated carbocycles. The Morgan fingerprint density at radius 3 is 2.56 bits per heavy atom. The molecule has 2 amide bonds. The van der Waals surface area contributed by atoms with Crippen molar-refractivity contribution < 1.29 is 14.3 Å². The molecular formula is C21H23ClN2O3. The molecule has 1 heterocycles. The average molecular weight is 387 g/mol. The van der Waals surface area contributed by atoms with Crippen LogP contribution in [0.15, 0.2) is 42.5 Å². The van der Waals surface area contributed by atoms with Crippen molar-refractivity contribution in [2.45, 2.75) is 32.6 Å². The SMILES string of the molecule is CC(C)c1ccc(OCC(=O)Nc2ccc(N3CCCC3=O)c(Cl)c2)cc1. The molecule has 6 heteroatoms. The molecule has 27 heavy (non-hydrogen) atoms. The van der Waals surface area contributed by atoms with Gasteiger partial charge in [-0.15, -0.1) is 0 Å². The number of hydrogen-bond donors (Lipinski definition) is 1. The maximum atomic E-state index is 12.1. The summed E-state index contributed by atoms with van der Waals surface area (Å²) in [5.41, 5.74) is 2.47. The zero-order valence-corrected chi connectivity index (χ0v) is 16.3. The highest BCUT2D eigenvalue weighted by Crippen LogP contribution is 2.31. The number of nitrogens with zero attached hydrogens (tertiary/aromatic N) is 1. The van der Waals surface area contributed by atoms with E-state index in [2.05, 4.69) is 19.2 Å². The molecule has 1 saturated heterocycles. The van der Waals surface area contributed by atoms with E-state index in [1.54, 1.807) is 23.1 Å². The predicted octanol–water partition coefficient (Wildman–Crippen LogP) is 4.61. The largest absolute Gasteiger partial charge is 0.484 e. The van der Waals surface area contributed by atoms with Crippen LogP contribution in [0.4, 0.5) is 11.4 Å². The van der Waals surface area contributed by atoms with Crippen LogP contribution >= 0.6 is 11.6 Å². The van der Waals surface area contributed by atoms with Gasteiger partial charge in [0.1, 0.15) is 5.75 Å². The third-order valence-corrected chi connectivity index (χ3v) is 4.82. The Morgan fingerprint density at radius 1 is 1.22 bits per heavy atom. The Kier molecular flexibility index (Phi) is 6.01. The van der Waals surface area contributed by atoms with Crippen molar-refractivity contribution >= 4 is 34.8 Å². The normalized spacial score (nSPS) is 13.9. The molecule has 142 valence electrons. The molecule has 1 aliphatic heterocycles. The lowest BCUT2D eigenvalue weighted by atomic mass is 10.0. The Balaban J connectivity index is 1.56. The van der Waals surface area contributed by atoms with Crippen LogP contribution < -0.4 is 15.0 Å². The van der Waals surface area contributed by atoms with Gasteiger partial charge in [-0.25, -0.2) is 0 Å². The minimum Gasteiger partial charge on any atom is -0.484 e. The van der Waals surface area contributed by atoms with Crippen molar-refractivity contribution in [2.24, 2.45) is 0 Å². The zero-order valence-electron chi connectivity index (χ0n) is 15.5. The highest BCUT2D eigenvalue weighted by atomic mass is 35.5. The smallest absolute Gasteiger partial charge is 0.262 e. The highest BCUT2D eigenvalue weighted by molar-refractivity contribution is 6.34. The van der Waals surface area contributed by atoms with E-state index in [0.29, 0.717) is 41.0 Å². The maximum Gasteiger partial charge on any atom is 0.262 e. The van der Waals surface area contributed by atoms with Crippen LogP contribution in [0.1, 0.15) is 38.2 Å². The van der Waals surface area contributed by atoms with Gasteiger partial charge in [0.2, 0.25) is 5.91 Å². The number of anilines is 2. The van der Waals surface area contributed by atoms with E-state index in [1.807, 2.05) is 24.3 Å². The van der Waals surface area contributed by atoms with E-state index in [0.717, 1.165) is 6.42 Å². The molecule has 3 rings (SSSR count). The molecule has 0 aliphatic carbocycles. The van der Waals surface area contributed by atoms with Crippen molar-refractivity contribution in [1.29, 1.82) is 0 Å². The van der Waals surface area contributed by atoms with Crippen molar-refractivity contribution in [3.63, 3.8) is 0 Å². The number of carbonyl (C=O) groups excluding carboxylic acids is 2. The third-order valence-electron chi connectivity index (χ3n) is 4.51. The molecule has 2 aromatic carbocycles.